The van der Waals surface area contributed by atoms with E-state index in [4.69, 9.17) is 0 Å². The number of rotatable bonds is 6. The van der Waals surface area contributed by atoms with E-state index < -0.39 is 10.0 Å². The Kier molecular flexibility index (Phi) is 6.66. The van der Waals surface area contributed by atoms with Crippen LogP contribution in [0.1, 0.15) is 40.0 Å². The van der Waals surface area contributed by atoms with Crippen molar-refractivity contribution in [1.82, 2.24) is 4.72 Å². The second-order valence-electron chi connectivity index (χ2n) is 9.73. The molecule has 0 aliphatic heterocycles. The van der Waals surface area contributed by atoms with Crippen molar-refractivity contribution in [2.75, 3.05) is 5.32 Å². The molecule has 7 heteroatoms. The number of carbonyl (C=O) groups is 1. The van der Waals surface area contributed by atoms with E-state index in [-0.39, 0.29) is 23.8 Å². The van der Waals surface area contributed by atoms with Crippen LogP contribution in [0.2, 0.25) is 0 Å². The van der Waals surface area contributed by atoms with Gasteiger partial charge < -0.3 is 5.32 Å². The molecule has 2 aromatic carbocycles. The van der Waals surface area contributed by atoms with Crippen LogP contribution in [0.15, 0.2) is 64.9 Å². The average Bonchev–Trinajstić information content (AvgIpc) is 3.37. The topological polar surface area (TPSA) is 75.3 Å². The molecule has 0 saturated heterocycles. The zero-order valence-corrected chi connectivity index (χ0v) is 21.6. The number of sulfonamides is 1. The summed E-state index contributed by atoms with van der Waals surface area (Å²) in [6.07, 6.45) is 7.06. The zero-order valence-electron chi connectivity index (χ0n) is 20.0. The van der Waals surface area contributed by atoms with Crippen molar-refractivity contribution >= 4 is 39.0 Å². The maximum absolute atomic E-state index is 13.0. The molecule has 2 aliphatic carbocycles. The minimum absolute atomic E-state index is 0.0645. The van der Waals surface area contributed by atoms with Gasteiger partial charge in [-0.2, -0.15) is 0 Å². The first-order valence-corrected chi connectivity index (χ1v) is 14.3. The molecule has 1 amide bonds. The normalized spacial score (nSPS) is 21.6. The van der Waals surface area contributed by atoms with E-state index in [1.807, 2.05) is 56.3 Å². The summed E-state index contributed by atoms with van der Waals surface area (Å²) in [5.74, 6) is 0.372. The Balaban J connectivity index is 1.28. The number of thiophene rings is 1. The standard InChI is InChI=1S/C28H30N2O3S2/c1-18-3-6-20(7-4-18)8-13-26(31)29-25-12-11-21-15-22-9-10-23(16-24(21)17-25)28(22)30-35(32,33)27-14-5-19(2)34-27/h3-8,11-14,17,22-23,28,30H,9-10,15-16H2,1-2H3,(H,29,31)/b13-8+. The molecule has 1 heterocycles. The molecule has 2 N–H and O–H groups in total. The third kappa shape index (κ3) is 5.42. The predicted octanol–water partition coefficient (Wildman–Crippen LogP) is 5.49. The highest BCUT2D eigenvalue weighted by Gasteiger charge is 2.41. The third-order valence-electron chi connectivity index (χ3n) is 7.14. The molecule has 3 atom stereocenters. The van der Waals surface area contributed by atoms with Crippen LogP contribution < -0.4 is 10.0 Å². The van der Waals surface area contributed by atoms with Crippen LogP contribution in [0.3, 0.4) is 0 Å². The highest BCUT2D eigenvalue weighted by Crippen LogP contribution is 2.41. The van der Waals surface area contributed by atoms with Crippen LogP contribution in [0.4, 0.5) is 5.69 Å². The van der Waals surface area contributed by atoms with Crippen molar-refractivity contribution in [2.45, 2.75) is 49.8 Å². The Morgan fingerprint density at radius 2 is 1.66 bits per heavy atom. The van der Waals surface area contributed by atoms with Gasteiger partial charge in [0, 0.05) is 22.7 Å². The molecule has 1 aromatic heterocycles. The molecule has 5 nitrogen and oxygen atoms in total. The molecule has 0 radical (unpaired) electrons. The molecule has 0 spiro atoms. The SMILES string of the molecule is Cc1ccc(/C=C/C(=O)Nc2ccc3c(c2)CC2CCC(C3)C2NS(=O)(=O)c2ccc(C)s2)cc1. The van der Waals surface area contributed by atoms with Gasteiger partial charge in [-0.05, 0) is 98.4 Å². The number of anilines is 1. The van der Waals surface area contributed by atoms with Crippen LogP contribution in [0, 0.1) is 25.7 Å². The number of hydrogen-bond donors (Lipinski definition) is 2. The number of aryl methyl sites for hydroxylation is 2. The van der Waals surface area contributed by atoms with Crippen molar-refractivity contribution in [2.24, 2.45) is 11.8 Å². The first kappa shape index (κ1) is 24.0. The van der Waals surface area contributed by atoms with E-state index in [1.54, 1.807) is 12.1 Å². The molecule has 1 saturated carbocycles. The van der Waals surface area contributed by atoms with Crippen molar-refractivity contribution in [3.8, 4) is 0 Å². The largest absolute Gasteiger partial charge is 0.323 e. The predicted molar refractivity (Wildman–Crippen MR) is 142 cm³/mol. The number of amides is 1. The summed E-state index contributed by atoms with van der Waals surface area (Å²) in [5, 5.41) is 2.98. The maximum Gasteiger partial charge on any atom is 0.250 e. The minimum atomic E-state index is -3.52. The highest BCUT2D eigenvalue weighted by atomic mass is 32.2. The van der Waals surface area contributed by atoms with Crippen LogP contribution in [0.25, 0.3) is 6.08 Å². The summed E-state index contributed by atoms with van der Waals surface area (Å²) in [6, 6.07) is 17.6. The van der Waals surface area contributed by atoms with Gasteiger partial charge >= 0.3 is 0 Å². The van der Waals surface area contributed by atoms with Crippen molar-refractivity contribution in [3.63, 3.8) is 0 Å². The van der Waals surface area contributed by atoms with Gasteiger partial charge in [-0.1, -0.05) is 35.9 Å². The van der Waals surface area contributed by atoms with Crippen LogP contribution in [-0.4, -0.2) is 20.4 Å². The number of fused-ring (bicyclic) bond motifs is 3. The van der Waals surface area contributed by atoms with E-state index in [1.165, 1.54) is 28.0 Å². The smallest absolute Gasteiger partial charge is 0.250 e. The molecule has 182 valence electrons. The number of benzene rings is 2. The summed E-state index contributed by atoms with van der Waals surface area (Å²) in [7, 11) is -3.52. The van der Waals surface area contributed by atoms with Gasteiger partial charge in [-0.15, -0.1) is 11.3 Å². The van der Waals surface area contributed by atoms with E-state index in [0.717, 1.165) is 41.8 Å². The summed E-state index contributed by atoms with van der Waals surface area (Å²) in [6.45, 7) is 3.95. The Morgan fingerprint density at radius 1 is 0.943 bits per heavy atom. The van der Waals surface area contributed by atoms with Gasteiger partial charge in [0.25, 0.3) is 0 Å². The quantitative estimate of drug-likeness (QED) is 0.434. The monoisotopic (exact) mass is 506 g/mol. The fourth-order valence-electron chi connectivity index (χ4n) is 5.31. The number of nitrogens with one attached hydrogen (secondary N) is 2. The van der Waals surface area contributed by atoms with Crippen LogP contribution >= 0.6 is 11.3 Å². The zero-order chi connectivity index (χ0) is 24.6. The van der Waals surface area contributed by atoms with Crippen LogP contribution in [-0.2, 0) is 27.7 Å². The fraction of sp³-hybridized carbons (Fsp3) is 0.321. The molecule has 2 aliphatic rings. The van der Waals surface area contributed by atoms with Crippen molar-refractivity contribution in [3.05, 3.63) is 87.8 Å². The second-order valence-corrected chi connectivity index (χ2v) is 13.0. The Labute approximate surface area is 211 Å². The highest BCUT2D eigenvalue weighted by molar-refractivity contribution is 7.91. The van der Waals surface area contributed by atoms with Gasteiger partial charge in [0.2, 0.25) is 15.9 Å². The van der Waals surface area contributed by atoms with Gasteiger partial charge in [-0.25, -0.2) is 13.1 Å². The van der Waals surface area contributed by atoms with E-state index >= 15 is 0 Å². The molecule has 5 rings (SSSR count). The summed E-state index contributed by atoms with van der Waals surface area (Å²) in [5.41, 5.74) is 5.39. The van der Waals surface area contributed by atoms with Gasteiger partial charge in [0.15, 0.2) is 0 Å². The minimum Gasteiger partial charge on any atom is -0.323 e. The van der Waals surface area contributed by atoms with E-state index in [2.05, 4.69) is 22.2 Å². The first-order valence-electron chi connectivity index (χ1n) is 12.0. The molecular weight excluding hydrogens is 476 g/mol. The van der Waals surface area contributed by atoms with Crippen molar-refractivity contribution in [1.29, 1.82) is 0 Å². The van der Waals surface area contributed by atoms with Gasteiger partial charge in [0.05, 0.1) is 0 Å². The van der Waals surface area contributed by atoms with Crippen LogP contribution in [0.5, 0.6) is 0 Å². The Morgan fingerprint density at radius 3 is 2.34 bits per heavy atom. The second kappa shape index (κ2) is 9.72. The Bertz CT molecular complexity index is 1370. The molecule has 1 fully saturated rings. The van der Waals surface area contributed by atoms with Gasteiger partial charge in [0.1, 0.15) is 4.21 Å². The Hall–Kier alpha value is -2.74. The summed E-state index contributed by atoms with van der Waals surface area (Å²) >= 11 is 1.31. The number of carbonyl (C=O) groups excluding carboxylic acids is 1. The molecule has 35 heavy (non-hydrogen) atoms. The third-order valence-corrected chi connectivity index (χ3v) is 10.1. The molecule has 3 unspecified atom stereocenters. The molecule has 3 aromatic rings. The lowest BCUT2D eigenvalue weighted by Crippen LogP contribution is -2.41. The lowest BCUT2D eigenvalue weighted by molar-refractivity contribution is -0.111. The first-order chi connectivity index (χ1) is 16.8. The van der Waals surface area contributed by atoms with Gasteiger partial charge in [-0.3, -0.25) is 4.79 Å². The molecule has 2 bridgehead atoms. The lowest BCUT2D eigenvalue weighted by Gasteiger charge is -2.23. The summed E-state index contributed by atoms with van der Waals surface area (Å²) < 4.78 is 29.5. The summed E-state index contributed by atoms with van der Waals surface area (Å²) in [4.78, 5) is 13.5. The maximum atomic E-state index is 13.0. The van der Waals surface area contributed by atoms with E-state index in [9.17, 15) is 13.2 Å². The van der Waals surface area contributed by atoms with E-state index in [0.29, 0.717) is 4.21 Å². The average molecular weight is 507 g/mol. The number of hydrogen-bond acceptors (Lipinski definition) is 4. The molecular formula is C28H30N2O3S2. The lowest BCUT2D eigenvalue weighted by atomic mass is 9.93. The fourth-order valence-corrected chi connectivity index (χ4v) is 7.98. The van der Waals surface area contributed by atoms with Crippen molar-refractivity contribution < 1.29 is 13.2 Å².